The third-order valence-corrected chi connectivity index (χ3v) is 6.94. The highest BCUT2D eigenvalue weighted by Gasteiger charge is 2.39. The number of hydrogen-bond acceptors (Lipinski definition) is 1. The molecule has 1 heterocycles. The first-order valence-corrected chi connectivity index (χ1v) is 11.9. The molecule has 1 amide bonds. The first kappa shape index (κ1) is 20.9. The Morgan fingerprint density at radius 2 is 1.09 bits per heavy atom. The molecule has 0 aromatic heterocycles. The van der Waals surface area contributed by atoms with Crippen LogP contribution in [-0.4, -0.2) is 38.1 Å². The van der Waals surface area contributed by atoms with Gasteiger partial charge in [-0.25, -0.2) is 0 Å². The van der Waals surface area contributed by atoms with Crippen LogP contribution < -0.4 is 15.1 Å². The van der Waals surface area contributed by atoms with Crippen molar-refractivity contribution in [3.05, 3.63) is 108 Å². The van der Waals surface area contributed by atoms with Crippen molar-refractivity contribution in [2.45, 2.75) is 31.0 Å². The Hall–Kier alpha value is -2.95. The zero-order valence-corrected chi connectivity index (χ0v) is 18.5. The number of hydrogen-bond donors (Lipinski definition) is 3. The second-order valence-corrected chi connectivity index (χ2v) is 9.20. The fourth-order valence-electron chi connectivity index (χ4n) is 5.15. The number of quaternary nitrogens is 2. The van der Waals surface area contributed by atoms with Gasteiger partial charge in [-0.15, -0.1) is 0 Å². The smallest absolute Gasteiger partial charge is 0.283 e. The highest BCUT2D eigenvalue weighted by Crippen LogP contribution is 2.21. The largest absolute Gasteiger partial charge is 0.348 e. The van der Waals surface area contributed by atoms with Crippen molar-refractivity contribution in [2.75, 3.05) is 26.2 Å². The Kier molecular flexibility index (Phi) is 6.33. The topological polar surface area (TPSA) is 38.0 Å². The van der Waals surface area contributed by atoms with E-state index in [9.17, 15) is 4.79 Å². The van der Waals surface area contributed by atoms with Crippen molar-refractivity contribution >= 4 is 5.91 Å². The zero-order valence-electron chi connectivity index (χ0n) is 18.5. The summed E-state index contributed by atoms with van der Waals surface area (Å²) in [5, 5.41) is 3.27. The Balaban J connectivity index is 1.35. The van der Waals surface area contributed by atoms with Gasteiger partial charge >= 0.3 is 0 Å². The molecule has 4 heteroatoms. The third-order valence-electron chi connectivity index (χ3n) is 6.94. The van der Waals surface area contributed by atoms with Crippen molar-refractivity contribution in [1.29, 1.82) is 0 Å². The van der Waals surface area contributed by atoms with E-state index in [4.69, 9.17) is 0 Å². The van der Waals surface area contributed by atoms with Crippen LogP contribution in [0.1, 0.15) is 41.6 Å². The van der Waals surface area contributed by atoms with E-state index < -0.39 is 0 Å². The number of benzene rings is 3. The molecule has 1 atom stereocenters. The number of carbonyl (C=O) groups is 1. The van der Waals surface area contributed by atoms with E-state index >= 15 is 0 Å². The maximum Gasteiger partial charge on any atom is 0.283 e. The second kappa shape index (κ2) is 9.68. The Labute approximate surface area is 190 Å². The Bertz CT molecular complexity index is 957. The summed E-state index contributed by atoms with van der Waals surface area (Å²) in [6.45, 7) is 4.07. The maximum atomic E-state index is 13.2. The SMILES string of the molecule is O=C(NC1CC1)[C@H](c1ccccc1)[NH+]1CC[NH+](C(c2ccccc2)c2ccccc2)CC1. The lowest BCUT2D eigenvalue weighted by atomic mass is 9.96. The zero-order chi connectivity index (χ0) is 21.8. The monoisotopic (exact) mass is 427 g/mol. The predicted octanol–water partition coefficient (Wildman–Crippen LogP) is 1.58. The number of carbonyl (C=O) groups excluding carboxylic acids is 1. The number of piperazine rings is 1. The van der Waals surface area contributed by atoms with Crippen LogP contribution in [0.2, 0.25) is 0 Å². The van der Waals surface area contributed by atoms with Crippen molar-refractivity contribution in [1.82, 2.24) is 5.32 Å². The lowest BCUT2D eigenvalue weighted by molar-refractivity contribution is -1.03. The Morgan fingerprint density at radius 3 is 1.56 bits per heavy atom. The molecule has 1 aliphatic heterocycles. The van der Waals surface area contributed by atoms with E-state index in [1.54, 1.807) is 4.90 Å². The molecule has 2 fully saturated rings. The van der Waals surface area contributed by atoms with Gasteiger partial charge in [-0.2, -0.15) is 0 Å². The first-order valence-electron chi connectivity index (χ1n) is 11.9. The van der Waals surface area contributed by atoms with E-state index in [0.29, 0.717) is 12.1 Å². The van der Waals surface area contributed by atoms with Crippen LogP contribution >= 0.6 is 0 Å². The minimum absolute atomic E-state index is 0.120. The molecule has 1 saturated heterocycles. The van der Waals surface area contributed by atoms with Crippen molar-refractivity contribution in [3.8, 4) is 0 Å². The van der Waals surface area contributed by atoms with E-state index in [2.05, 4.69) is 90.2 Å². The second-order valence-electron chi connectivity index (χ2n) is 9.20. The molecule has 0 radical (unpaired) electrons. The number of rotatable bonds is 7. The van der Waals surface area contributed by atoms with Crippen LogP contribution in [0.4, 0.5) is 0 Å². The summed E-state index contributed by atoms with van der Waals surface area (Å²) in [5.41, 5.74) is 3.86. The third kappa shape index (κ3) is 4.77. The van der Waals surface area contributed by atoms with Crippen LogP contribution in [0.3, 0.4) is 0 Å². The molecule has 4 nitrogen and oxygen atoms in total. The normalized spacial score (nSPS) is 21.8. The molecule has 0 bridgehead atoms. The van der Waals surface area contributed by atoms with Crippen LogP contribution in [0, 0.1) is 0 Å². The molecule has 2 aliphatic rings. The van der Waals surface area contributed by atoms with Gasteiger partial charge in [-0.1, -0.05) is 91.0 Å². The molecular weight excluding hydrogens is 394 g/mol. The fourth-order valence-corrected chi connectivity index (χ4v) is 5.15. The minimum Gasteiger partial charge on any atom is -0.348 e. The van der Waals surface area contributed by atoms with Gasteiger partial charge in [0, 0.05) is 22.7 Å². The average molecular weight is 428 g/mol. The molecule has 3 aromatic carbocycles. The minimum atomic E-state index is -0.120. The van der Waals surface area contributed by atoms with E-state index in [0.717, 1.165) is 44.6 Å². The van der Waals surface area contributed by atoms with Gasteiger partial charge in [-0.3, -0.25) is 4.79 Å². The van der Waals surface area contributed by atoms with Gasteiger partial charge in [0.15, 0.2) is 6.04 Å². The van der Waals surface area contributed by atoms with E-state index in [1.165, 1.54) is 16.0 Å². The summed E-state index contributed by atoms with van der Waals surface area (Å²) in [6.07, 6.45) is 2.24. The molecular formula is C28H33N3O+2. The van der Waals surface area contributed by atoms with E-state index in [1.807, 2.05) is 6.07 Å². The standard InChI is InChI=1S/C28H31N3O/c32-28(29-25-16-17-25)27(24-14-8-3-9-15-24)31-20-18-30(19-21-31)26(22-10-4-1-5-11-22)23-12-6-2-7-13-23/h1-15,25-27H,16-21H2,(H,29,32)/p+2/t27-/m0/s1. The predicted molar refractivity (Wildman–Crippen MR) is 126 cm³/mol. The number of nitrogens with one attached hydrogen (secondary N) is 3. The van der Waals surface area contributed by atoms with Crippen molar-refractivity contribution in [2.24, 2.45) is 0 Å². The van der Waals surface area contributed by atoms with Gasteiger partial charge in [-0.05, 0) is 12.8 Å². The summed E-state index contributed by atoms with van der Waals surface area (Å²) in [4.78, 5) is 16.2. The summed E-state index contributed by atoms with van der Waals surface area (Å²) in [6, 6.07) is 32.7. The van der Waals surface area contributed by atoms with Gasteiger partial charge in [0.2, 0.25) is 0 Å². The average Bonchev–Trinajstić information content (AvgIpc) is 3.67. The molecule has 3 aromatic rings. The summed E-state index contributed by atoms with van der Waals surface area (Å²) < 4.78 is 0. The van der Waals surface area contributed by atoms with Crippen molar-refractivity contribution in [3.63, 3.8) is 0 Å². The number of amides is 1. The van der Waals surface area contributed by atoms with Gasteiger partial charge < -0.3 is 15.1 Å². The first-order chi connectivity index (χ1) is 15.8. The van der Waals surface area contributed by atoms with Gasteiger partial charge in [0.1, 0.15) is 32.2 Å². The summed E-state index contributed by atoms with van der Waals surface area (Å²) >= 11 is 0. The molecule has 0 unspecified atom stereocenters. The molecule has 0 spiro atoms. The van der Waals surface area contributed by atoms with Crippen molar-refractivity contribution < 1.29 is 14.6 Å². The summed E-state index contributed by atoms with van der Waals surface area (Å²) in [7, 11) is 0. The van der Waals surface area contributed by atoms with Crippen LogP contribution in [0.25, 0.3) is 0 Å². The summed E-state index contributed by atoms with van der Waals surface area (Å²) in [5.74, 6) is 0.194. The highest BCUT2D eigenvalue weighted by atomic mass is 16.2. The van der Waals surface area contributed by atoms with Crippen LogP contribution in [0.15, 0.2) is 91.0 Å². The van der Waals surface area contributed by atoms with Gasteiger partial charge in [0.25, 0.3) is 5.91 Å². The fraction of sp³-hybridized carbons (Fsp3) is 0.321. The highest BCUT2D eigenvalue weighted by molar-refractivity contribution is 5.82. The van der Waals surface area contributed by atoms with Crippen LogP contribution in [0.5, 0.6) is 0 Å². The molecule has 1 saturated carbocycles. The molecule has 3 N–H and O–H groups in total. The molecule has 5 rings (SSSR count). The van der Waals surface area contributed by atoms with E-state index in [-0.39, 0.29) is 11.9 Å². The lowest BCUT2D eigenvalue weighted by Gasteiger charge is -2.37. The maximum absolute atomic E-state index is 13.2. The Morgan fingerprint density at radius 1 is 0.656 bits per heavy atom. The quantitative estimate of drug-likeness (QED) is 0.526. The molecule has 32 heavy (non-hydrogen) atoms. The molecule has 1 aliphatic carbocycles. The van der Waals surface area contributed by atoms with Gasteiger partial charge in [0.05, 0.1) is 0 Å². The molecule has 164 valence electrons. The lowest BCUT2D eigenvalue weighted by Crippen LogP contribution is -3.28. The van der Waals surface area contributed by atoms with Crippen LogP contribution in [-0.2, 0) is 4.79 Å².